The van der Waals surface area contributed by atoms with E-state index in [0.29, 0.717) is 25.2 Å². The molecule has 164 valence electrons. The number of carbonyl (C=O) groups excluding carboxylic acids is 1. The number of sulfonamides is 1. The van der Waals surface area contributed by atoms with Gasteiger partial charge in [-0.05, 0) is 67.8 Å². The summed E-state index contributed by atoms with van der Waals surface area (Å²) in [5, 5.41) is 8.94. The molecule has 8 heteroatoms. The zero-order valence-electron chi connectivity index (χ0n) is 18.0. The number of nitrogens with one attached hydrogen (secondary N) is 1. The third-order valence-electron chi connectivity index (χ3n) is 5.63. The number of nitrogens with zero attached hydrogens (tertiary/aromatic N) is 3. The van der Waals surface area contributed by atoms with Crippen molar-refractivity contribution in [2.24, 2.45) is 0 Å². The first-order valence-corrected chi connectivity index (χ1v) is 11.9. The standard InChI is InChI=1S/C23H28N4O3S/c1-18-4-9-22(16-19(18)2)31(29,30)25-11-10-23(28)27-13-3-12-26(14-15-27)21-7-5-20(17-24)6-8-21/h4-9,16,25H,3,10-15H2,1-2H3. The molecule has 1 aliphatic rings. The van der Waals surface area contributed by atoms with Gasteiger partial charge in [0.1, 0.15) is 0 Å². The molecular formula is C23H28N4O3S. The van der Waals surface area contributed by atoms with Crippen LogP contribution in [0.4, 0.5) is 5.69 Å². The van der Waals surface area contributed by atoms with Crippen LogP contribution in [0, 0.1) is 25.2 Å². The van der Waals surface area contributed by atoms with Crippen LogP contribution >= 0.6 is 0 Å². The Bertz CT molecular complexity index is 1070. The average molecular weight is 441 g/mol. The molecule has 0 atom stereocenters. The molecule has 0 bridgehead atoms. The van der Waals surface area contributed by atoms with Gasteiger partial charge in [-0.15, -0.1) is 0 Å². The Hall–Kier alpha value is -2.89. The van der Waals surface area contributed by atoms with Crippen LogP contribution in [0.1, 0.15) is 29.5 Å². The molecule has 1 fully saturated rings. The number of aryl methyl sites for hydroxylation is 2. The van der Waals surface area contributed by atoms with Gasteiger partial charge in [0.25, 0.3) is 0 Å². The lowest BCUT2D eigenvalue weighted by Crippen LogP contribution is -2.37. The summed E-state index contributed by atoms with van der Waals surface area (Å²) in [5.41, 5.74) is 3.61. The number of hydrogen-bond acceptors (Lipinski definition) is 5. The van der Waals surface area contributed by atoms with E-state index < -0.39 is 10.0 Å². The first-order chi connectivity index (χ1) is 14.8. The number of amides is 1. The van der Waals surface area contributed by atoms with Crippen molar-refractivity contribution >= 4 is 21.6 Å². The smallest absolute Gasteiger partial charge is 0.240 e. The summed E-state index contributed by atoms with van der Waals surface area (Å²) in [7, 11) is -3.64. The predicted octanol–water partition coefficient (Wildman–Crippen LogP) is 2.58. The summed E-state index contributed by atoms with van der Waals surface area (Å²) in [6.45, 7) is 6.64. The van der Waals surface area contributed by atoms with Crippen molar-refractivity contribution in [3.8, 4) is 6.07 Å². The van der Waals surface area contributed by atoms with E-state index >= 15 is 0 Å². The molecule has 0 spiro atoms. The molecular weight excluding hydrogens is 412 g/mol. The Morgan fingerprint density at radius 3 is 2.45 bits per heavy atom. The minimum absolute atomic E-state index is 0.0514. The van der Waals surface area contributed by atoms with Crippen molar-refractivity contribution in [3.63, 3.8) is 0 Å². The third-order valence-corrected chi connectivity index (χ3v) is 7.09. The highest BCUT2D eigenvalue weighted by molar-refractivity contribution is 7.89. The lowest BCUT2D eigenvalue weighted by molar-refractivity contribution is -0.130. The maximum Gasteiger partial charge on any atom is 0.240 e. The van der Waals surface area contributed by atoms with Gasteiger partial charge < -0.3 is 9.80 Å². The van der Waals surface area contributed by atoms with Crippen LogP contribution in [-0.2, 0) is 14.8 Å². The molecule has 3 rings (SSSR count). The fourth-order valence-corrected chi connectivity index (χ4v) is 4.70. The first-order valence-electron chi connectivity index (χ1n) is 10.4. The number of benzene rings is 2. The highest BCUT2D eigenvalue weighted by Crippen LogP contribution is 2.18. The molecule has 1 N–H and O–H groups in total. The average Bonchev–Trinajstić information content (AvgIpc) is 3.02. The Morgan fingerprint density at radius 1 is 1.03 bits per heavy atom. The Kier molecular flexibility index (Phi) is 7.31. The molecule has 1 saturated heterocycles. The van der Waals surface area contributed by atoms with Gasteiger partial charge in [-0.25, -0.2) is 13.1 Å². The number of carbonyl (C=O) groups is 1. The van der Waals surface area contributed by atoms with Gasteiger partial charge in [0.2, 0.25) is 15.9 Å². The first kappa shape index (κ1) is 22.8. The van der Waals surface area contributed by atoms with E-state index in [2.05, 4.69) is 15.7 Å². The Balaban J connectivity index is 1.51. The summed E-state index contributed by atoms with van der Waals surface area (Å²) in [5.74, 6) is -0.0514. The number of nitriles is 1. The lowest BCUT2D eigenvalue weighted by atomic mass is 10.1. The number of rotatable bonds is 6. The molecule has 0 aromatic heterocycles. The largest absolute Gasteiger partial charge is 0.370 e. The van der Waals surface area contributed by atoms with Crippen molar-refractivity contribution in [1.82, 2.24) is 9.62 Å². The highest BCUT2D eigenvalue weighted by Gasteiger charge is 2.20. The quantitative estimate of drug-likeness (QED) is 0.745. The second-order valence-corrected chi connectivity index (χ2v) is 9.54. The van der Waals surface area contributed by atoms with E-state index in [-0.39, 0.29) is 23.8 Å². The fourth-order valence-electron chi connectivity index (χ4n) is 3.59. The molecule has 2 aromatic carbocycles. The van der Waals surface area contributed by atoms with E-state index in [1.54, 1.807) is 35.2 Å². The summed E-state index contributed by atoms with van der Waals surface area (Å²) < 4.78 is 27.5. The molecule has 1 heterocycles. The van der Waals surface area contributed by atoms with E-state index in [0.717, 1.165) is 29.8 Å². The molecule has 0 saturated carbocycles. The van der Waals surface area contributed by atoms with E-state index in [1.165, 1.54) is 0 Å². The van der Waals surface area contributed by atoms with Crippen molar-refractivity contribution in [3.05, 3.63) is 59.2 Å². The van der Waals surface area contributed by atoms with E-state index in [4.69, 9.17) is 5.26 Å². The minimum atomic E-state index is -3.64. The zero-order chi connectivity index (χ0) is 22.4. The molecule has 0 aliphatic carbocycles. The van der Waals surface area contributed by atoms with Crippen molar-refractivity contribution in [2.45, 2.75) is 31.6 Å². The van der Waals surface area contributed by atoms with E-state index in [9.17, 15) is 13.2 Å². The molecule has 2 aromatic rings. The Labute approximate surface area is 184 Å². The summed E-state index contributed by atoms with van der Waals surface area (Å²) in [4.78, 5) is 16.9. The maximum absolute atomic E-state index is 12.6. The highest BCUT2D eigenvalue weighted by atomic mass is 32.2. The van der Waals surface area contributed by atoms with Gasteiger partial charge in [-0.1, -0.05) is 6.07 Å². The van der Waals surface area contributed by atoms with Crippen LogP contribution < -0.4 is 9.62 Å². The number of anilines is 1. The summed E-state index contributed by atoms with van der Waals surface area (Å²) >= 11 is 0. The Morgan fingerprint density at radius 2 is 1.77 bits per heavy atom. The molecule has 1 amide bonds. The van der Waals surface area contributed by atoms with Crippen LogP contribution in [0.5, 0.6) is 0 Å². The van der Waals surface area contributed by atoms with Crippen molar-refractivity contribution in [2.75, 3.05) is 37.6 Å². The van der Waals surface area contributed by atoms with Crippen LogP contribution in [0.15, 0.2) is 47.4 Å². The second-order valence-electron chi connectivity index (χ2n) is 7.77. The zero-order valence-corrected chi connectivity index (χ0v) is 18.8. The molecule has 0 radical (unpaired) electrons. The topological polar surface area (TPSA) is 93.5 Å². The van der Waals surface area contributed by atoms with Crippen molar-refractivity contribution in [1.29, 1.82) is 5.26 Å². The second kappa shape index (κ2) is 9.94. The lowest BCUT2D eigenvalue weighted by Gasteiger charge is -2.24. The maximum atomic E-state index is 12.6. The van der Waals surface area contributed by atoms with Crippen molar-refractivity contribution < 1.29 is 13.2 Å². The number of hydrogen-bond donors (Lipinski definition) is 1. The minimum Gasteiger partial charge on any atom is -0.370 e. The SMILES string of the molecule is Cc1ccc(S(=O)(=O)NCCC(=O)N2CCCN(c3ccc(C#N)cc3)CC2)cc1C. The predicted molar refractivity (Wildman–Crippen MR) is 120 cm³/mol. The van der Waals surface area contributed by atoms with Crippen LogP contribution in [0.3, 0.4) is 0 Å². The summed E-state index contributed by atoms with van der Waals surface area (Å²) in [6.07, 6.45) is 0.959. The van der Waals surface area contributed by atoms with Gasteiger partial charge in [-0.3, -0.25) is 4.79 Å². The fraction of sp³-hybridized carbons (Fsp3) is 0.391. The molecule has 0 unspecified atom stereocenters. The van der Waals surface area contributed by atoms with Gasteiger partial charge in [-0.2, -0.15) is 5.26 Å². The van der Waals surface area contributed by atoms with Gasteiger partial charge in [0.15, 0.2) is 0 Å². The van der Waals surface area contributed by atoms with Crippen LogP contribution in [-0.4, -0.2) is 51.9 Å². The monoisotopic (exact) mass is 440 g/mol. The molecule has 7 nitrogen and oxygen atoms in total. The van der Waals surface area contributed by atoms with Gasteiger partial charge in [0.05, 0.1) is 16.5 Å². The normalized spacial score (nSPS) is 14.7. The van der Waals surface area contributed by atoms with Crippen LogP contribution in [0.25, 0.3) is 0 Å². The molecule has 31 heavy (non-hydrogen) atoms. The van der Waals surface area contributed by atoms with Crippen LogP contribution in [0.2, 0.25) is 0 Å². The van der Waals surface area contributed by atoms with E-state index in [1.807, 2.05) is 26.0 Å². The van der Waals surface area contributed by atoms with Gasteiger partial charge in [0, 0.05) is 44.8 Å². The molecule has 1 aliphatic heterocycles. The summed E-state index contributed by atoms with van der Waals surface area (Å²) in [6, 6.07) is 14.6. The van der Waals surface area contributed by atoms with Gasteiger partial charge >= 0.3 is 0 Å². The third kappa shape index (κ3) is 5.84.